The predicted octanol–water partition coefficient (Wildman–Crippen LogP) is 3.01. The molecule has 1 unspecified atom stereocenters. The lowest BCUT2D eigenvalue weighted by molar-refractivity contribution is -0.361. The van der Waals surface area contributed by atoms with E-state index in [-0.39, 0.29) is 0 Å². The van der Waals surface area contributed by atoms with Gasteiger partial charge in [-0.15, -0.1) is 0 Å². The minimum absolute atomic E-state index is 0.392. The maximum absolute atomic E-state index is 12.7. The van der Waals surface area contributed by atoms with Crippen LogP contribution in [0.25, 0.3) is 0 Å². The lowest BCUT2D eigenvalue weighted by Gasteiger charge is -2.28. The van der Waals surface area contributed by atoms with Crippen molar-refractivity contribution in [2.75, 3.05) is 19.8 Å². The lowest BCUT2D eigenvalue weighted by atomic mass is 10.2. The van der Waals surface area contributed by atoms with Gasteiger partial charge in [0.1, 0.15) is 6.61 Å². The Morgan fingerprint density at radius 2 is 1.67 bits per heavy atom. The molecule has 1 fully saturated rings. The molecule has 0 bridgehead atoms. The summed E-state index contributed by atoms with van der Waals surface area (Å²) in [5, 5.41) is 0. The molecule has 0 amide bonds. The van der Waals surface area contributed by atoms with Crippen LogP contribution in [-0.2, 0) is 9.47 Å². The number of halogens is 7. The van der Waals surface area contributed by atoms with Crippen molar-refractivity contribution in [2.45, 2.75) is 37.0 Å². The minimum Gasteiger partial charge on any atom is -0.376 e. The van der Waals surface area contributed by atoms with Crippen molar-refractivity contribution >= 4 is 0 Å². The van der Waals surface area contributed by atoms with Crippen LogP contribution in [-0.4, -0.2) is 43.9 Å². The predicted molar refractivity (Wildman–Crippen MR) is 45.7 cm³/mol. The fraction of sp³-hybridized carbons (Fsp3) is 1.00. The van der Waals surface area contributed by atoms with Gasteiger partial charge in [-0.1, -0.05) is 0 Å². The first-order valence-corrected chi connectivity index (χ1v) is 5.09. The highest BCUT2D eigenvalue weighted by Crippen LogP contribution is 2.46. The zero-order valence-corrected chi connectivity index (χ0v) is 9.08. The van der Waals surface area contributed by atoms with Gasteiger partial charge in [-0.05, 0) is 12.8 Å². The summed E-state index contributed by atoms with van der Waals surface area (Å²) in [6, 6.07) is 0. The van der Waals surface area contributed by atoms with E-state index in [1.165, 1.54) is 0 Å². The molecular formula is C9H11F7O2. The highest BCUT2D eigenvalue weighted by molar-refractivity contribution is 4.91. The van der Waals surface area contributed by atoms with Gasteiger partial charge in [0.05, 0.1) is 12.7 Å². The molecule has 0 aromatic rings. The molecule has 18 heavy (non-hydrogen) atoms. The van der Waals surface area contributed by atoms with Gasteiger partial charge >= 0.3 is 18.0 Å². The van der Waals surface area contributed by atoms with Gasteiger partial charge in [-0.2, -0.15) is 30.7 Å². The summed E-state index contributed by atoms with van der Waals surface area (Å²) in [5.41, 5.74) is 0. The van der Waals surface area contributed by atoms with E-state index in [9.17, 15) is 30.7 Å². The Balaban J connectivity index is 2.47. The fourth-order valence-electron chi connectivity index (χ4n) is 1.39. The molecule has 0 aromatic carbocycles. The first kappa shape index (κ1) is 15.5. The number of rotatable bonds is 5. The Kier molecular flexibility index (Phi) is 4.47. The molecule has 9 heteroatoms. The number of ether oxygens (including phenoxy) is 2. The number of alkyl halides is 7. The van der Waals surface area contributed by atoms with Gasteiger partial charge < -0.3 is 9.47 Å². The summed E-state index contributed by atoms with van der Waals surface area (Å²) in [4.78, 5) is 0. The zero-order valence-electron chi connectivity index (χ0n) is 9.08. The standard InChI is InChI=1S/C9H11F7O2/c10-7(11,8(12,13)9(14,15)16)5-17-4-6-2-1-3-18-6/h6H,1-5H2. The van der Waals surface area contributed by atoms with Gasteiger partial charge in [0, 0.05) is 6.61 Å². The second kappa shape index (κ2) is 5.20. The molecule has 1 heterocycles. The summed E-state index contributed by atoms with van der Waals surface area (Å²) < 4.78 is 94.7. The molecule has 1 saturated heterocycles. The third-order valence-electron chi connectivity index (χ3n) is 2.43. The maximum Gasteiger partial charge on any atom is 0.459 e. The molecule has 0 radical (unpaired) electrons. The molecule has 0 N–H and O–H groups in total. The monoisotopic (exact) mass is 284 g/mol. The van der Waals surface area contributed by atoms with Crippen molar-refractivity contribution in [3.8, 4) is 0 Å². The highest BCUT2D eigenvalue weighted by Gasteiger charge is 2.72. The van der Waals surface area contributed by atoms with E-state index in [1.54, 1.807) is 0 Å². The lowest BCUT2D eigenvalue weighted by Crippen LogP contribution is -2.54. The Morgan fingerprint density at radius 1 is 1.06 bits per heavy atom. The molecule has 1 aliphatic rings. The van der Waals surface area contributed by atoms with E-state index in [0.717, 1.165) is 0 Å². The molecule has 0 aromatic heterocycles. The van der Waals surface area contributed by atoms with Crippen molar-refractivity contribution < 1.29 is 40.2 Å². The average molecular weight is 284 g/mol. The quantitative estimate of drug-likeness (QED) is 0.722. The highest BCUT2D eigenvalue weighted by atomic mass is 19.4. The second-order valence-corrected chi connectivity index (χ2v) is 3.93. The molecule has 0 spiro atoms. The van der Waals surface area contributed by atoms with Crippen LogP contribution in [0.3, 0.4) is 0 Å². The number of hydrogen-bond acceptors (Lipinski definition) is 2. The SMILES string of the molecule is FC(F)(F)C(F)(F)C(F)(F)COCC1CCCO1. The van der Waals surface area contributed by atoms with Crippen LogP contribution in [0.5, 0.6) is 0 Å². The Morgan fingerprint density at radius 3 is 2.11 bits per heavy atom. The van der Waals surface area contributed by atoms with Crippen molar-refractivity contribution in [1.82, 2.24) is 0 Å². The summed E-state index contributed by atoms with van der Waals surface area (Å²) in [7, 11) is 0. The smallest absolute Gasteiger partial charge is 0.376 e. The van der Waals surface area contributed by atoms with E-state index >= 15 is 0 Å². The normalized spacial score (nSPS) is 22.5. The van der Waals surface area contributed by atoms with E-state index in [1.807, 2.05) is 0 Å². The van der Waals surface area contributed by atoms with Gasteiger partial charge in [0.15, 0.2) is 0 Å². The van der Waals surface area contributed by atoms with E-state index in [4.69, 9.17) is 4.74 Å². The largest absolute Gasteiger partial charge is 0.459 e. The van der Waals surface area contributed by atoms with E-state index < -0.39 is 37.3 Å². The van der Waals surface area contributed by atoms with Crippen LogP contribution in [0.4, 0.5) is 30.7 Å². The topological polar surface area (TPSA) is 18.5 Å². The van der Waals surface area contributed by atoms with Crippen LogP contribution in [0, 0.1) is 0 Å². The molecule has 0 saturated carbocycles. The van der Waals surface area contributed by atoms with Gasteiger partial charge in [0.25, 0.3) is 0 Å². The zero-order chi connectivity index (χ0) is 14.0. The fourth-order valence-corrected chi connectivity index (χ4v) is 1.39. The maximum atomic E-state index is 12.7. The van der Waals surface area contributed by atoms with E-state index in [2.05, 4.69) is 4.74 Å². The van der Waals surface area contributed by atoms with Crippen LogP contribution in [0.2, 0.25) is 0 Å². The second-order valence-electron chi connectivity index (χ2n) is 3.93. The Hall–Kier alpha value is -0.570. The Bertz CT molecular complexity index is 271. The first-order chi connectivity index (χ1) is 8.08. The minimum atomic E-state index is -6.32. The molecule has 2 nitrogen and oxygen atoms in total. The van der Waals surface area contributed by atoms with Gasteiger partial charge in [0.2, 0.25) is 0 Å². The molecule has 0 aliphatic carbocycles. The summed E-state index contributed by atoms with van der Waals surface area (Å²) in [5.74, 6) is -11.4. The van der Waals surface area contributed by atoms with Crippen LogP contribution in [0.15, 0.2) is 0 Å². The molecule has 1 aliphatic heterocycles. The van der Waals surface area contributed by atoms with E-state index in [0.29, 0.717) is 19.4 Å². The van der Waals surface area contributed by atoms with Crippen LogP contribution >= 0.6 is 0 Å². The van der Waals surface area contributed by atoms with Crippen molar-refractivity contribution in [1.29, 1.82) is 0 Å². The van der Waals surface area contributed by atoms with Crippen LogP contribution in [0.1, 0.15) is 12.8 Å². The summed E-state index contributed by atoms with van der Waals surface area (Å²) in [6.45, 7) is -2.04. The average Bonchev–Trinajstić information content (AvgIpc) is 2.68. The third kappa shape index (κ3) is 3.25. The Labute approximate surface area is 98.0 Å². The first-order valence-electron chi connectivity index (χ1n) is 5.09. The molecule has 1 rings (SSSR count). The van der Waals surface area contributed by atoms with Gasteiger partial charge in [-0.3, -0.25) is 0 Å². The van der Waals surface area contributed by atoms with Crippen molar-refractivity contribution in [3.05, 3.63) is 0 Å². The summed E-state index contributed by atoms with van der Waals surface area (Å²) >= 11 is 0. The summed E-state index contributed by atoms with van der Waals surface area (Å²) in [6.07, 6.45) is -5.67. The third-order valence-corrected chi connectivity index (χ3v) is 2.43. The molecule has 1 atom stereocenters. The number of hydrogen-bond donors (Lipinski definition) is 0. The van der Waals surface area contributed by atoms with Gasteiger partial charge in [-0.25, -0.2) is 0 Å². The van der Waals surface area contributed by atoms with Crippen molar-refractivity contribution in [2.24, 2.45) is 0 Å². The van der Waals surface area contributed by atoms with Crippen LogP contribution < -0.4 is 0 Å². The molecular weight excluding hydrogens is 273 g/mol. The van der Waals surface area contributed by atoms with Crippen molar-refractivity contribution in [3.63, 3.8) is 0 Å². The molecule has 108 valence electrons.